The lowest BCUT2D eigenvalue weighted by Crippen LogP contribution is -2.47. The molecule has 2 aliphatic rings. The summed E-state index contributed by atoms with van der Waals surface area (Å²) in [7, 11) is 0. The third kappa shape index (κ3) is 3.27. The van der Waals surface area contributed by atoms with E-state index in [-0.39, 0.29) is 19.6 Å². The Morgan fingerprint density at radius 2 is 1.97 bits per heavy atom. The van der Waals surface area contributed by atoms with Crippen LogP contribution in [0.3, 0.4) is 0 Å². The average Bonchev–Trinajstić information content (AvgIpc) is 2.97. The maximum Gasteiger partial charge on any atom is 0.326 e. The number of nitrogens with one attached hydrogen (secondary N) is 1. The zero-order valence-corrected chi connectivity index (χ0v) is 15.4. The molecular formula is C21H17N3O5. The van der Waals surface area contributed by atoms with Gasteiger partial charge in [0.25, 0.3) is 5.91 Å². The lowest BCUT2D eigenvalue weighted by atomic mass is 9.84. The van der Waals surface area contributed by atoms with Crippen LogP contribution in [0.5, 0.6) is 5.75 Å². The van der Waals surface area contributed by atoms with Crippen LogP contribution in [0.2, 0.25) is 0 Å². The van der Waals surface area contributed by atoms with Gasteiger partial charge in [0.1, 0.15) is 18.9 Å². The van der Waals surface area contributed by atoms with Gasteiger partial charge >= 0.3 is 12.0 Å². The van der Waals surface area contributed by atoms with Crippen LogP contribution in [-0.2, 0) is 26.5 Å². The summed E-state index contributed by atoms with van der Waals surface area (Å²) in [6, 6.07) is 15.0. The summed E-state index contributed by atoms with van der Waals surface area (Å²) in [5, 5.41) is 11.5. The molecule has 0 saturated carbocycles. The summed E-state index contributed by atoms with van der Waals surface area (Å²) in [5.74, 6) is -0.651. The van der Waals surface area contributed by atoms with Gasteiger partial charge in [0.2, 0.25) is 0 Å². The number of hydrogen-bond acceptors (Lipinski definition) is 6. The fourth-order valence-electron chi connectivity index (χ4n) is 3.53. The van der Waals surface area contributed by atoms with E-state index < -0.39 is 30.0 Å². The van der Waals surface area contributed by atoms with Gasteiger partial charge in [-0.15, -0.1) is 0 Å². The van der Waals surface area contributed by atoms with Gasteiger partial charge in [0, 0.05) is 12.0 Å². The monoisotopic (exact) mass is 391 g/mol. The third-order valence-electron chi connectivity index (χ3n) is 5.03. The number of nitriles is 1. The molecule has 2 aliphatic heterocycles. The maximum atomic E-state index is 13.1. The van der Waals surface area contributed by atoms with Gasteiger partial charge in [0.05, 0.1) is 18.2 Å². The molecule has 1 N–H and O–H groups in total. The van der Waals surface area contributed by atoms with Crippen molar-refractivity contribution in [2.45, 2.75) is 18.6 Å². The van der Waals surface area contributed by atoms with Crippen molar-refractivity contribution in [2.75, 3.05) is 13.2 Å². The summed E-state index contributed by atoms with van der Waals surface area (Å²) in [6.45, 7) is -0.220. The van der Waals surface area contributed by atoms with Crippen molar-refractivity contribution >= 4 is 17.9 Å². The Kier molecular flexibility index (Phi) is 4.64. The SMILES string of the molecule is N#Cc1ccc(COC(=O)CN2C(=O)N[C@]3(CCOc4ccccc43)C2=O)cc1. The molecule has 0 unspecified atom stereocenters. The van der Waals surface area contributed by atoms with Crippen LogP contribution in [0, 0.1) is 11.3 Å². The minimum Gasteiger partial charge on any atom is -0.493 e. The molecule has 3 amide bonds. The second kappa shape index (κ2) is 7.28. The number of ether oxygens (including phenoxy) is 2. The van der Waals surface area contributed by atoms with Crippen molar-refractivity contribution in [2.24, 2.45) is 0 Å². The number of carbonyl (C=O) groups excluding carboxylic acids is 3. The first-order chi connectivity index (χ1) is 14.0. The van der Waals surface area contributed by atoms with Gasteiger partial charge in [-0.3, -0.25) is 14.5 Å². The van der Waals surface area contributed by atoms with Crippen molar-refractivity contribution in [1.29, 1.82) is 5.26 Å². The van der Waals surface area contributed by atoms with Crippen molar-refractivity contribution in [3.8, 4) is 11.8 Å². The van der Waals surface area contributed by atoms with Gasteiger partial charge in [-0.05, 0) is 23.8 Å². The topological polar surface area (TPSA) is 109 Å². The third-order valence-corrected chi connectivity index (χ3v) is 5.03. The number of imide groups is 1. The predicted octanol–water partition coefficient (Wildman–Crippen LogP) is 1.83. The normalized spacial score (nSPS) is 19.9. The highest BCUT2D eigenvalue weighted by atomic mass is 16.5. The number of benzene rings is 2. The second-order valence-corrected chi connectivity index (χ2v) is 6.79. The number of para-hydroxylation sites is 1. The molecule has 1 saturated heterocycles. The van der Waals surface area contributed by atoms with Gasteiger partial charge in [0.15, 0.2) is 5.54 Å². The number of urea groups is 1. The number of esters is 1. The van der Waals surface area contributed by atoms with Gasteiger partial charge < -0.3 is 14.8 Å². The Bertz CT molecular complexity index is 1030. The standard InChI is InChI=1S/C21H17N3O5/c22-11-14-5-7-15(8-6-14)13-29-18(25)12-24-19(26)21(23-20(24)27)9-10-28-17-4-2-1-3-16(17)21/h1-8H,9-10,12-13H2,(H,23,27)/t21-/m0/s1. The molecule has 2 heterocycles. The van der Waals surface area contributed by atoms with Crippen LogP contribution in [-0.4, -0.2) is 36.0 Å². The summed E-state index contributed by atoms with van der Waals surface area (Å²) in [6.07, 6.45) is 0.283. The largest absolute Gasteiger partial charge is 0.493 e. The Labute approximate surface area is 166 Å². The molecule has 2 aromatic carbocycles. The smallest absolute Gasteiger partial charge is 0.326 e. The van der Waals surface area contributed by atoms with Crippen LogP contribution in [0.1, 0.15) is 23.1 Å². The molecule has 8 nitrogen and oxygen atoms in total. The molecule has 8 heteroatoms. The molecule has 1 atom stereocenters. The first-order valence-corrected chi connectivity index (χ1v) is 9.04. The van der Waals surface area contributed by atoms with Crippen molar-refractivity contribution in [3.63, 3.8) is 0 Å². The molecule has 0 bridgehead atoms. The van der Waals surface area contributed by atoms with E-state index in [2.05, 4.69) is 5.32 Å². The maximum absolute atomic E-state index is 13.1. The van der Waals surface area contributed by atoms with Crippen molar-refractivity contribution < 1.29 is 23.9 Å². The van der Waals surface area contributed by atoms with Crippen LogP contribution in [0.15, 0.2) is 48.5 Å². The highest BCUT2D eigenvalue weighted by Gasteiger charge is 2.55. The number of hydrogen-bond donors (Lipinski definition) is 1. The second-order valence-electron chi connectivity index (χ2n) is 6.79. The minimum absolute atomic E-state index is 0.0178. The van der Waals surface area contributed by atoms with Crippen LogP contribution >= 0.6 is 0 Å². The molecule has 0 radical (unpaired) electrons. The highest BCUT2D eigenvalue weighted by molar-refractivity contribution is 6.09. The van der Waals surface area contributed by atoms with Crippen LogP contribution < -0.4 is 10.1 Å². The lowest BCUT2D eigenvalue weighted by Gasteiger charge is -2.33. The van der Waals surface area contributed by atoms with E-state index in [0.29, 0.717) is 22.4 Å². The van der Waals surface area contributed by atoms with E-state index in [1.54, 1.807) is 48.5 Å². The Morgan fingerprint density at radius 3 is 2.72 bits per heavy atom. The number of carbonyl (C=O) groups is 3. The fourth-order valence-corrected chi connectivity index (χ4v) is 3.53. The van der Waals surface area contributed by atoms with E-state index in [4.69, 9.17) is 14.7 Å². The van der Waals surface area contributed by atoms with E-state index in [1.807, 2.05) is 6.07 Å². The van der Waals surface area contributed by atoms with Crippen molar-refractivity contribution in [1.82, 2.24) is 10.2 Å². The fraction of sp³-hybridized carbons (Fsp3) is 0.238. The van der Waals surface area contributed by atoms with E-state index >= 15 is 0 Å². The first kappa shape index (κ1) is 18.5. The van der Waals surface area contributed by atoms with Crippen LogP contribution in [0.4, 0.5) is 4.79 Å². The number of rotatable bonds is 4. The summed E-state index contributed by atoms with van der Waals surface area (Å²) in [4.78, 5) is 38.7. The number of fused-ring (bicyclic) bond motifs is 2. The minimum atomic E-state index is -1.22. The molecule has 1 spiro atoms. The summed E-state index contributed by atoms with van der Waals surface area (Å²) < 4.78 is 10.8. The lowest BCUT2D eigenvalue weighted by molar-refractivity contribution is -0.149. The van der Waals surface area contributed by atoms with E-state index in [9.17, 15) is 14.4 Å². The molecule has 0 aliphatic carbocycles. The van der Waals surface area contributed by atoms with Gasteiger partial charge in [-0.2, -0.15) is 5.26 Å². The molecule has 1 fully saturated rings. The predicted molar refractivity (Wildman–Crippen MR) is 99.4 cm³/mol. The summed E-state index contributed by atoms with van der Waals surface area (Å²) in [5.41, 5.74) is 0.558. The zero-order chi connectivity index (χ0) is 20.4. The van der Waals surface area contributed by atoms with E-state index in [1.165, 1.54) is 0 Å². The summed E-state index contributed by atoms with van der Waals surface area (Å²) >= 11 is 0. The quantitative estimate of drug-likeness (QED) is 0.629. The van der Waals surface area contributed by atoms with Gasteiger partial charge in [-0.1, -0.05) is 30.3 Å². The average molecular weight is 391 g/mol. The molecule has 0 aromatic heterocycles. The number of amides is 3. The Balaban J connectivity index is 1.45. The highest BCUT2D eigenvalue weighted by Crippen LogP contribution is 2.40. The van der Waals surface area contributed by atoms with Crippen LogP contribution in [0.25, 0.3) is 0 Å². The molecule has 4 rings (SSSR count). The molecular weight excluding hydrogens is 374 g/mol. The first-order valence-electron chi connectivity index (χ1n) is 9.04. The Hall–Kier alpha value is -3.86. The van der Waals surface area contributed by atoms with Crippen molar-refractivity contribution in [3.05, 3.63) is 65.2 Å². The number of nitrogens with zero attached hydrogens (tertiary/aromatic N) is 2. The molecule has 29 heavy (non-hydrogen) atoms. The zero-order valence-electron chi connectivity index (χ0n) is 15.4. The van der Waals surface area contributed by atoms with E-state index in [0.717, 1.165) is 4.90 Å². The molecule has 2 aromatic rings. The molecule has 146 valence electrons. The Morgan fingerprint density at radius 1 is 1.21 bits per heavy atom. The van der Waals surface area contributed by atoms with Gasteiger partial charge in [-0.25, -0.2) is 4.79 Å².